The standard InChI is InChI=1S/C22H27FN2O5S/c1-2-3-9-14-24-21(26)16-30-22(27)19(15-17-10-5-4-6-11-17)25-31(28,29)20-13-8-7-12-18(20)23/h4-8,10-13,19,25H,2-3,9,14-16H2,1H3,(H,24,26)/t19-/m0/s1. The monoisotopic (exact) mass is 450 g/mol. The summed E-state index contributed by atoms with van der Waals surface area (Å²) < 4.78 is 46.6. The van der Waals surface area contributed by atoms with Crippen LogP contribution in [0.2, 0.25) is 0 Å². The Morgan fingerprint density at radius 1 is 1.03 bits per heavy atom. The molecule has 7 nitrogen and oxygen atoms in total. The first-order valence-electron chi connectivity index (χ1n) is 10.1. The van der Waals surface area contributed by atoms with E-state index in [0.717, 1.165) is 31.4 Å². The summed E-state index contributed by atoms with van der Waals surface area (Å²) in [4.78, 5) is 23.9. The third-order valence-corrected chi connectivity index (χ3v) is 5.94. The van der Waals surface area contributed by atoms with Crippen LogP contribution >= 0.6 is 0 Å². The molecule has 0 aliphatic carbocycles. The summed E-state index contributed by atoms with van der Waals surface area (Å²) in [5.74, 6) is -2.33. The van der Waals surface area contributed by atoms with Gasteiger partial charge in [0.05, 0.1) is 0 Å². The highest BCUT2D eigenvalue weighted by atomic mass is 32.2. The Balaban J connectivity index is 2.08. The van der Waals surface area contributed by atoms with Gasteiger partial charge >= 0.3 is 5.97 Å². The molecule has 2 aromatic rings. The summed E-state index contributed by atoms with van der Waals surface area (Å²) in [5.41, 5.74) is 0.671. The number of hydrogen-bond acceptors (Lipinski definition) is 5. The summed E-state index contributed by atoms with van der Waals surface area (Å²) in [6, 6.07) is 12.2. The zero-order chi connectivity index (χ0) is 22.7. The highest BCUT2D eigenvalue weighted by molar-refractivity contribution is 7.89. The number of carbonyl (C=O) groups excluding carboxylic acids is 2. The molecule has 0 aromatic heterocycles. The summed E-state index contributed by atoms with van der Waals surface area (Å²) in [5, 5.41) is 2.64. The van der Waals surface area contributed by atoms with E-state index in [1.165, 1.54) is 12.1 Å². The van der Waals surface area contributed by atoms with Gasteiger partial charge in [-0.15, -0.1) is 0 Å². The minimum Gasteiger partial charge on any atom is -0.454 e. The molecule has 0 spiro atoms. The van der Waals surface area contributed by atoms with Crippen LogP contribution in [0.4, 0.5) is 4.39 Å². The van der Waals surface area contributed by atoms with Crippen molar-refractivity contribution in [3.05, 3.63) is 66.0 Å². The number of sulfonamides is 1. The lowest BCUT2D eigenvalue weighted by Crippen LogP contribution is -2.44. The van der Waals surface area contributed by atoms with E-state index < -0.39 is 45.3 Å². The predicted octanol–water partition coefficient (Wildman–Crippen LogP) is 2.56. The van der Waals surface area contributed by atoms with Crippen molar-refractivity contribution in [3.8, 4) is 0 Å². The average Bonchev–Trinajstić information content (AvgIpc) is 2.75. The third kappa shape index (κ3) is 8.10. The number of unbranched alkanes of at least 4 members (excludes halogenated alkanes) is 2. The molecule has 2 aromatic carbocycles. The number of ether oxygens (including phenoxy) is 1. The molecule has 0 saturated carbocycles. The zero-order valence-corrected chi connectivity index (χ0v) is 18.2. The van der Waals surface area contributed by atoms with Gasteiger partial charge in [-0.2, -0.15) is 4.72 Å². The van der Waals surface area contributed by atoms with Gasteiger partial charge in [-0.3, -0.25) is 9.59 Å². The lowest BCUT2D eigenvalue weighted by molar-refractivity contribution is -0.150. The molecule has 9 heteroatoms. The normalized spacial score (nSPS) is 12.2. The fourth-order valence-corrected chi connectivity index (χ4v) is 4.09. The van der Waals surface area contributed by atoms with Crippen LogP contribution < -0.4 is 10.0 Å². The molecule has 0 heterocycles. The molecule has 0 aliphatic heterocycles. The first kappa shape index (κ1) is 24.5. The number of amides is 1. The van der Waals surface area contributed by atoms with Crippen LogP contribution in [0.1, 0.15) is 31.7 Å². The Morgan fingerprint density at radius 2 is 1.71 bits per heavy atom. The molecular formula is C22H27FN2O5S. The van der Waals surface area contributed by atoms with Crippen molar-refractivity contribution in [2.45, 2.75) is 43.5 Å². The van der Waals surface area contributed by atoms with Crippen LogP contribution in [0.15, 0.2) is 59.5 Å². The van der Waals surface area contributed by atoms with Gasteiger partial charge in [-0.25, -0.2) is 12.8 Å². The zero-order valence-electron chi connectivity index (χ0n) is 17.3. The van der Waals surface area contributed by atoms with E-state index >= 15 is 0 Å². The number of rotatable bonds is 12. The summed E-state index contributed by atoms with van der Waals surface area (Å²) in [6.45, 7) is 1.98. The number of esters is 1. The number of nitrogens with one attached hydrogen (secondary N) is 2. The minimum atomic E-state index is -4.34. The Kier molecular flexibility index (Phi) is 9.61. The minimum absolute atomic E-state index is 0.0223. The SMILES string of the molecule is CCCCCNC(=O)COC(=O)[C@H](Cc1ccccc1)NS(=O)(=O)c1ccccc1F. The second-order valence-corrected chi connectivity index (χ2v) is 8.64. The third-order valence-electron chi connectivity index (χ3n) is 4.44. The molecule has 0 radical (unpaired) electrons. The fourth-order valence-electron chi connectivity index (χ4n) is 2.83. The van der Waals surface area contributed by atoms with E-state index in [4.69, 9.17) is 4.74 Å². The van der Waals surface area contributed by atoms with Gasteiger partial charge < -0.3 is 10.1 Å². The van der Waals surface area contributed by atoms with Crippen LogP contribution in [0.3, 0.4) is 0 Å². The van der Waals surface area contributed by atoms with Crippen molar-refractivity contribution in [1.82, 2.24) is 10.0 Å². The molecule has 0 unspecified atom stereocenters. The van der Waals surface area contributed by atoms with Gasteiger partial charge in [-0.05, 0) is 30.5 Å². The van der Waals surface area contributed by atoms with Crippen LogP contribution in [0.25, 0.3) is 0 Å². The van der Waals surface area contributed by atoms with Gasteiger partial charge in [0.1, 0.15) is 16.8 Å². The van der Waals surface area contributed by atoms with E-state index in [-0.39, 0.29) is 6.42 Å². The number of benzene rings is 2. The first-order chi connectivity index (χ1) is 14.8. The molecule has 0 fully saturated rings. The maximum atomic E-state index is 14.0. The molecular weight excluding hydrogens is 423 g/mol. The summed E-state index contributed by atoms with van der Waals surface area (Å²) >= 11 is 0. The van der Waals surface area contributed by atoms with Crippen molar-refractivity contribution < 1.29 is 27.1 Å². The van der Waals surface area contributed by atoms with Gasteiger partial charge in [0.2, 0.25) is 10.0 Å². The lowest BCUT2D eigenvalue weighted by Gasteiger charge is -2.18. The lowest BCUT2D eigenvalue weighted by atomic mass is 10.1. The molecule has 1 atom stereocenters. The van der Waals surface area contributed by atoms with Gasteiger partial charge in [0.25, 0.3) is 5.91 Å². The van der Waals surface area contributed by atoms with E-state index in [1.54, 1.807) is 30.3 Å². The van der Waals surface area contributed by atoms with Crippen molar-refractivity contribution in [3.63, 3.8) is 0 Å². The van der Waals surface area contributed by atoms with Crippen molar-refractivity contribution in [2.24, 2.45) is 0 Å². The van der Waals surface area contributed by atoms with Gasteiger partial charge in [0.15, 0.2) is 6.61 Å². The molecule has 1 amide bonds. The quantitative estimate of drug-likeness (QED) is 0.382. The van der Waals surface area contributed by atoms with E-state index in [1.807, 2.05) is 6.92 Å². The van der Waals surface area contributed by atoms with Crippen LogP contribution in [0, 0.1) is 5.82 Å². The Labute approximate surface area is 182 Å². The van der Waals surface area contributed by atoms with Crippen molar-refractivity contribution >= 4 is 21.9 Å². The Hall–Kier alpha value is -2.78. The predicted molar refractivity (Wildman–Crippen MR) is 114 cm³/mol. The summed E-state index contributed by atoms with van der Waals surface area (Å²) in [7, 11) is -4.34. The molecule has 2 rings (SSSR count). The number of hydrogen-bond donors (Lipinski definition) is 2. The summed E-state index contributed by atoms with van der Waals surface area (Å²) in [6.07, 6.45) is 2.77. The second kappa shape index (κ2) is 12.2. The van der Waals surface area contributed by atoms with Crippen molar-refractivity contribution in [1.29, 1.82) is 0 Å². The maximum absolute atomic E-state index is 14.0. The Bertz CT molecular complexity index is 967. The van der Waals surface area contributed by atoms with E-state index in [0.29, 0.717) is 12.1 Å². The number of carbonyl (C=O) groups is 2. The van der Waals surface area contributed by atoms with Crippen LogP contribution in [-0.4, -0.2) is 39.5 Å². The molecule has 31 heavy (non-hydrogen) atoms. The molecule has 0 bridgehead atoms. The van der Waals surface area contributed by atoms with Crippen LogP contribution in [0.5, 0.6) is 0 Å². The largest absolute Gasteiger partial charge is 0.454 e. The molecule has 0 aliphatic rings. The molecule has 168 valence electrons. The van der Waals surface area contributed by atoms with Crippen LogP contribution in [-0.2, 0) is 30.8 Å². The van der Waals surface area contributed by atoms with Gasteiger partial charge in [0, 0.05) is 6.54 Å². The maximum Gasteiger partial charge on any atom is 0.325 e. The molecule has 2 N–H and O–H groups in total. The number of halogens is 1. The highest BCUT2D eigenvalue weighted by Crippen LogP contribution is 2.15. The highest BCUT2D eigenvalue weighted by Gasteiger charge is 2.29. The van der Waals surface area contributed by atoms with Gasteiger partial charge in [-0.1, -0.05) is 62.2 Å². The second-order valence-electron chi connectivity index (χ2n) is 6.96. The smallest absolute Gasteiger partial charge is 0.325 e. The van der Waals surface area contributed by atoms with E-state index in [2.05, 4.69) is 10.0 Å². The fraction of sp³-hybridized carbons (Fsp3) is 0.364. The first-order valence-corrected chi connectivity index (χ1v) is 11.6. The topological polar surface area (TPSA) is 102 Å². The molecule has 0 saturated heterocycles. The average molecular weight is 451 g/mol. The van der Waals surface area contributed by atoms with Crippen molar-refractivity contribution in [2.75, 3.05) is 13.2 Å². The van der Waals surface area contributed by atoms with E-state index in [9.17, 15) is 22.4 Å². The Morgan fingerprint density at radius 3 is 2.39 bits per heavy atom.